The lowest BCUT2D eigenvalue weighted by Gasteiger charge is -2.38. The van der Waals surface area contributed by atoms with Crippen molar-refractivity contribution < 1.29 is 40.9 Å². The Labute approximate surface area is 173 Å². The molecule has 0 spiro atoms. The summed E-state index contributed by atoms with van der Waals surface area (Å²) < 4.78 is 89.9. The number of ether oxygens (including phenoxy) is 2. The van der Waals surface area contributed by atoms with Gasteiger partial charge in [0.25, 0.3) is 0 Å². The van der Waals surface area contributed by atoms with Crippen LogP contribution < -0.4 is 0 Å². The van der Waals surface area contributed by atoms with Crippen LogP contribution in [0.3, 0.4) is 0 Å². The number of hydrogen-bond donors (Lipinski definition) is 1. The van der Waals surface area contributed by atoms with Crippen LogP contribution in [0.25, 0.3) is 0 Å². The van der Waals surface area contributed by atoms with Gasteiger partial charge in [0, 0.05) is 20.5 Å². The van der Waals surface area contributed by atoms with Gasteiger partial charge in [-0.1, -0.05) is 23.9 Å². The number of thioether (sulfide) groups is 1. The number of aliphatic imine (C=N–C) groups is 1. The molecule has 0 saturated carbocycles. The third-order valence-corrected chi connectivity index (χ3v) is 5.97. The molecule has 1 aromatic rings. The van der Waals surface area contributed by atoms with Gasteiger partial charge in [0.2, 0.25) is 0 Å². The number of fused-ring (bicyclic) bond motifs is 1. The predicted molar refractivity (Wildman–Crippen MR) is 97.9 cm³/mol. The molecule has 1 aromatic carbocycles. The maximum Gasteiger partial charge on any atom is 0.417 e. The largest absolute Gasteiger partial charge is 0.417 e. The van der Waals surface area contributed by atoms with Crippen LogP contribution in [0.1, 0.15) is 17.5 Å². The molecule has 0 bridgehead atoms. The third kappa shape index (κ3) is 5.21. The number of hydrogen-bond acceptors (Lipinski definition) is 6. The van der Waals surface area contributed by atoms with E-state index in [-0.39, 0.29) is 12.0 Å². The molecule has 1 unspecified atom stereocenters. The van der Waals surface area contributed by atoms with Crippen LogP contribution in [0.2, 0.25) is 0 Å². The summed E-state index contributed by atoms with van der Waals surface area (Å²) in [4.78, 5) is 5.94. The Balaban J connectivity index is 1.72. The molecule has 168 valence electrons. The summed E-state index contributed by atoms with van der Waals surface area (Å²) in [7, 11) is 3.42. The number of halogens is 6. The van der Waals surface area contributed by atoms with Crippen LogP contribution in [0.15, 0.2) is 29.3 Å². The highest BCUT2D eigenvalue weighted by atomic mass is 32.2. The lowest BCUT2D eigenvalue weighted by molar-refractivity contribution is -0.267. The minimum absolute atomic E-state index is 0.0539. The molecular weight excluding hydrogens is 438 g/mol. The SMILES string of the molecule is CN(C)C1=NC2[C@H](O[C@H]([C@@H](OCc3cccc(C(F)(F)F)c3)C(F)(F)F)C[C@@H]2O)S1. The highest BCUT2D eigenvalue weighted by molar-refractivity contribution is 8.14. The first-order valence-electron chi connectivity index (χ1n) is 8.96. The number of aliphatic hydroxyl groups excluding tert-OH is 1. The van der Waals surface area contributed by atoms with Crippen molar-refractivity contribution in [3.8, 4) is 0 Å². The zero-order valence-electron chi connectivity index (χ0n) is 15.9. The van der Waals surface area contributed by atoms with Crippen molar-refractivity contribution in [1.82, 2.24) is 4.90 Å². The van der Waals surface area contributed by atoms with Crippen molar-refractivity contribution in [2.75, 3.05) is 14.1 Å². The minimum Gasteiger partial charge on any atom is -0.391 e. The van der Waals surface area contributed by atoms with Crippen LogP contribution >= 0.6 is 11.8 Å². The average molecular weight is 458 g/mol. The van der Waals surface area contributed by atoms with E-state index in [0.717, 1.165) is 30.0 Å². The molecule has 2 aliphatic heterocycles. The van der Waals surface area contributed by atoms with E-state index in [1.165, 1.54) is 6.07 Å². The number of benzene rings is 1. The van der Waals surface area contributed by atoms with Crippen LogP contribution in [0, 0.1) is 0 Å². The summed E-state index contributed by atoms with van der Waals surface area (Å²) in [5.41, 5.74) is -1.84. The Morgan fingerprint density at radius 3 is 2.57 bits per heavy atom. The first kappa shape index (κ1) is 23.2. The molecule has 1 fully saturated rings. The molecule has 5 nitrogen and oxygen atoms in total. The third-order valence-electron chi connectivity index (χ3n) is 4.66. The van der Waals surface area contributed by atoms with E-state index in [1.54, 1.807) is 19.0 Å². The highest BCUT2D eigenvalue weighted by Gasteiger charge is 2.53. The summed E-state index contributed by atoms with van der Waals surface area (Å²) in [5.74, 6) is 0. The molecule has 1 N–H and O–H groups in total. The van der Waals surface area contributed by atoms with Gasteiger partial charge in [-0.05, 0) is 17.7 Å². The van der Waals surface area contributed by atoms with Gasteiger partial charge in [-0.15, -0.1) is 0 Å². The minimum atomic E-state index is -4.84. The first-order valence-corrected chi connectivity index (χ1v) is 9.84. The summed E-state index contributed by atoms with van der Waals surface area (Å²) in [6, 6.07) is 3.22. The van der Waals surface area contributed by atoms with E-state index >= 15 is 0 Å². The Morgan fingerprint density at radius 1 is 1.27 bits per heavy atom. The van der Waals surface area contributed by atoms with Crippen molar-refractivity contribution in [1.29, 1.82) is 0 Å². The van der Waals surface area contributed by atoms with Crippen molar-refractivity contribution in [3.05, 3.63) is 35.4 Å². The fourth-order valence-electron chi connectivity index (χ4n) is 3.23. The van der Waals surface area contributed by atoms with E-state index in [4.69, 9.17) is 9.47 Å². The summed E-state index contributed by atoms with van der Waals surface area (Å²) in [5, 5.41) is 10.8. The van der Waals surface area contributed by atoms with Gasteiger partial charge in [0.05, 0.1) is 24.4 Å². The fourth-order valence-corrected chi connectivity index (χ4v) is 4.41. The smallest absolute Gasteiger partial charge is 0.391 e. The molecule has 0 radical (unpaired) electrons. The molecule has 0 aliphatic carbocycles. The fraction of sp³-hybridized carbons (Fsp3) is 0.611. The zero-order chi connectivity index (χ0) is 22.3. The number of nitrogens with zero attached hydrogens (tertiary/aromatic N) is 2. The molecule has 0 amide bonds. The van der Waals surface area contributed by atoms with Crippen LogP contribution in [0.4, 0.5) is 26.3 Å². The molecule has 30 heavy (non-hydrogen) atoms. The molecular formula is C18H20F6N2O3S. The van der Waals surface area contributed by atoms with E-state index in [9.17, 15) is 31.4 Å². The summed E-state index contributed by atoms with van der Waals surface area (Å²) in [6.07, 6.45) is -14.9. The quantitative estimate of drug-likeness (QED) is 0.698. The Kier molecular flexibility index (Phi) is 6.61. The van der Waals surface area contributed by atoms with E-state index in [2.05, 4.69) is 4.99 Å². The van der Waals surface area contributed by atoms with Crippen molar-refractivity contribution in [2.45, 2.75) is 55.2 Å². The maximum atomic E-state index is 13.6. The Hall–Kier alpha value is -1.50. The molecule has 12 heteroatoms. The van der Waals surface area contributed by atoms with Crippen molar-refractivity contribution in [3.63, 3.8) is 0 Å². The second-order valence-electron chi connectivity index (χ2n) is 7.23. The number of amidine groups is 1. The number of alkyl halides is 6. The molecule has 2 heterocycles. The monoisotopic (exact) mass is 458 g/mol. The molecule has 5 atom stereocenters. The number of aliphatic hydroxyl groups is 1. The molecule has 3 rings (SSSR count). The molecule has 1 saturated heterocycles. The first-order chi connectivity index (χ1) is 13.9. The standard InChI is InChI=1S/C18H20F6N2O3S/c1-26(2)16-25-13-11(27)7-12(29-15(13)30-16)14(18(22,23)24)28-8-9-4-3-5-10(6-9)17(19,20)21/h3-6,11-15,27H,7-8H2,1-2H3/t11-,12-,13?,14+,15+/m0/s1. The highest BCUT2D eigenvalue weighted by Crippen LogP contribution is 2.41. The van der Waals surface area contributed by atoms with Crippen LogP contribution in [-0.4, -0.2) is 65.2 Å². The average Bonchev–Trinajstić information content (AvgIpc) is 3.05. The lowest BCUT2D eigenvalue weighted by atomic mass is 9.97. The normalized spacial score (nSPS) is 28.1. The van der Waals surface area contributed by atoms with E-state index in [0.29, 0.717) is 5.17 Å². The summed E-state index contributed by atoms with van der Waals surface area (Å²) >= 11 is 1.10. The number of rotatable bonds is 4. The van der Waals surface area contributed by atoms with Gasteiger partial charge < -0.3 is 19.5 Å². The van der Waals surface area contributed by atoms with Gasteiger partial charge in [-0.25, -0.2) is 0 Å². The van der Waals surface area contributed by atoms with Crippen LogP contribution in [0.5, 0.6) is 0 Å². The predicted octanol–water partition coefficient (Wildman–Crippen LogP) is 3.66. The van der Waals surface area contributed by atoms with E-state index < -0.39 is 54.3 Å². The second-order valence-corrected chi connectivity index (χ2v) is 8.30. The maximum absolute atomic E-state index is 13.6. The van der Waals surface area contributed by atoms with Gasteiger partial charge in [0.15, 0.2) is 11.3 Å². The Bertz CT molecular complexity index is 786. The van der Waals surface area contributed by atoms with E-state index in [1.807, 2.05) is 0 Å². The van der Waals surface area contributed by atoms with Gasteiger partial charge in [-0.2, -0.15) is 26.3 Å². The second kappa shape index (κ2) is 8.56. The Morgan fingerprint density at radius 2 is 1.97 bits per heavy atom. The summed E-state index contributed by atoms with van der Waals surface area (Å²) in [6.45, 7) is -0.690. The molecule has 0 aromatic heterocycles. The molecule has 2 aliphatic rings. The van der Waals surface area contributed by atoms with Gasteiger partial charge in [0.1, 0.15) is 11.5 Å². The lowest BCUT2D eigenvalue weighted by Crippen LogP contribution is -2.53. The van der Waals surface area contributed by atoms with Crippen LogP contribution in [-0.2, 0) is 22.3 Å². The van der Waals surface area contributed by atoms with Crippen molar-refractivity contribution >= 4 is 16.9 Å². The topological polar surface area (TPSA) is 54.3 Å². The van der Waals surface area contributed by atoms with Crippen molar-refractivity contribution in [2.24, 2.45) is 4.99 Å². The van der Waals surface area contributed by atoms with Gasteiger partial charge >= 0.3 is 12.4 Å². The zero-order valence-corrected chi connectivity index (χ0v) is 16.8. The van der Waals surface area contributed by atoms with Gasteiger partial charge in [-0.3, -0.25) is 4.99 Å².